The van der Waals surface area contributed by atoms with Crippen LogP contribution in [0.25, 0.3) is 0 Å². The number of anilines is 1. The van der Waals surface area contributed by atoms with E-state index in [4.69, 9.17) is 9.15 Å². The number of aryl methyl sites for hydroxylation is 2. The third-order valence-corrected chi connectivity index (χ3v) is 3.21. The predicted molar refractivity (Wildman–Crippen MR) is 73.2 cm³/mol. The van der Waals surface area contributed by atoms with E-state index < -0.39 is 0 Å². The van der Waals surface area contributed by atoms with Crippen molar-refractivity contribution >= 4 is 5.69 Å². The van der Waals surface area contributed by atoms with Gasteiger partial charge in [0.1, 0.15) is 11.5 Å². The molecular formula is C15H19NO2. The van der Waals surface area contributed by atoms with Crippen molar-refractivity contribution < 1.29 is 9.15 Å². The largest absolute Gasteiger partial charge is 0.496 e. The molecule has 0 spiro atoms. The molecule has 3 nitrogen and oxygen atoms in total. The smallest absolute Gasteiger partial charge is 0.126 e. The number of rotatable bonds is 4. The lowest BCUT2D eigenvalue weighted by molar-refractivity contribution is 0.409. The van der Waals surface area contributed by atoms with Crippen LogP contribution >= 0.6 is 0 Å². The van der Waals surface area contributed by atoms with Crippen LogP contribution in [0.1, 0.15) is 22.5 Å². The maximum atomic E-state index is 5.41. The van der Waals surface area contributed by atoms with Gasteiger partial charge in [0.05, 0.1) is 19.9 Å². The van der Waals surface area contributed by atoms with Crippen molar-refractivity contribution in [1.82, 2.24) is 0 Å². The molecule has 0 aliphatic rings. The highest BCUT2D eigenvalue weighted by atomic mass is 16.5. The summed E-state index contributed by atoms with van der Waals surface area (Å²) >= 11 is 0. The highest BCUT2D eigenvalue weighted by molar-refractivity contribution is 5.59. The van der Waals surface area contributed by atoms with Gasteiger partial charge in [-0.2, -0.15) is 0 Å². The minimum Gasteiger partial charge on any atom is -0.496 e. The van der Waals surface area contributed by atoms with E-state index in [9.17, 15) is 0 Å². The van der Waals surface area contributed by atoms with Crippen molar-refractivity contribution in [2.45, 2.75) is 27.3 Å². The zero-order chi connectivity index (χ0) is 13.1. The molecule has 0 saturated carbocycles. The lowest BCUT2D eigenvalue weighted by atomic mass is 10.1. The zero-order valence-electron chi connectivity index (χ0n) is 11.3. The first kappa shape index (κ1) is 12.6. The number of ether oxygens (including phenoxy) is 1. The molecule has 0 saturated heterocycles. The molecule has 0 aliphatic heterocycles. The number of furan rings is 1. The third-order valence-electron chi connectivity index (χ3n) is 3.21. The molecule has 1 N–H and O–H groups in total. The van der Waals surface area contributed by atoms with E-state index in [0.717, 1.165) is 28.3 Å². The lowest BCUT2D eigenvalue weighted by Gasteiger charge is -2.14. The maximum absolute atomic E-state index is 5.41. The van der Waals surface area contributed by atoms with E-state index in [0.29, 0.717) is 6.54 Å². The summed E-state index contributed by atoms with van der Waals surface area (Å²) in [6.45, 7) is 6.84. The molecule has 0 unspecified atom stereocenters. The Morgan fingerprint density at radius 3 is 2.50 bits per heavy atom. The molecule has 18 heavy (non-hydrogen) atoms. The molecule has 1 heterocycles. The summed E-state index contributed by atoms with van der Waals surface area (Å²) < 4.78 is 10.8. The zero-order valence-corrected chi connectivity index (χ0v) is 11.3. The van der Waals surface area contributed by atoms with E-state index in [1.54, 1.807) is 13.4 Å². The molecule has 0 aliphatic carbocycles. The molecule has 0 amide bonds. The second kappa shape index (κ2) is 5.17. The van der Waals surface area contributed by atoms with E-state index in [2.05, 4.69) is 24.4 Å². The average molecular weight is 245 g/mol. The van der Waals surface area contributed by atoms with Crippen molar-refractivity contribution in [3.05, 3.63) is 46.9 Å². The van der Waals surface area contributed by atoms with Crippen molar-refractivity contribution in [2.75, 3.05) is 12.4 Å². The molecule has 0 fully saturated rings. The predicted octanol–water partition coefficient (Wildman–Crippen LogP) is 3.83. The second-order valence-electron chi connectivity index (χ2n) is 4.47. The highest BCUT2D eigenvalue weighted by Gasteiger charge is 2.08. The Morgan fingerprint density at radius 2 is 1.89 bits per heavy atom. The van der Waals surface area contributed by atoms with Gasteiger partial charge in [-0.15, -0.1) is 0 Å². The Morgan fingerprint density at radius 1 is 1.11 bits per heavy atom. The summed E-state index contributed by atoms with van der Waals surface area (Å²) in [5.74, 6) is 1.91. The number of benzene rings is 1. The van der Waals surface area contributed by atoms with E-state index >= 15 is 0 Å². The van der Waals surface area contributed by atoms with Gasteiger partial charge < -0.3 is 14.5 Å². The molecule has 0 radical (unpaired) electrons. The van der Waals surface area contributed by atoms with E-state index in [1.165, 1.54) is 5.56 Å². The van der Waals surface area contributed by atoms with Crippen LogP contribution in [0.2, 0.25) is 0 Å². The summed E-state index contributed by atoms with van der Waals surface area (Å²) in [7, 11) is 1.70. The number of nitrogens with one attached hydrogen (secondary N) is 1. The van der Waals surface area contributed by atoms with Gasteiger partial charge in [0.2, 0.25) is 0 Å². The number of hydrogen-bond acceptors (Lipinski definition) is 3. The number of methoxy groups -OCH3 is 1. The first-order valence-electron chi connectivity index (χ1n) is 6.04. The minimum absolute atomic E-state index is 0.686. The van der Waals surface area contributed by atoms with Crippen molar-refractivity contribution in [3.63, 3.8) is 0 Å². The second-order valence-corrected chi connectivity index (χ2v) is 4.47. The Kier molecular flexibility index (Phi) is 3.60. The Labute approximate surface area is 108 Å². The van der Waals surface area contributed by atoms with Crippen molar-refractivity contribution in [1.29, 1.82) is 0 Å². The lowest BCUT2D eigenvalue weighted by Crippen LogP contribution is -2.03. The van der Waals surface area contributed by atoms with Crippen molar-refractivity contribution in [2.24, 2.45) is 0 Å². The monoisotopic (exact) mass is 245 g/mol. The van der Waals surface area contributed by atoms with Gasteiger partial charge in [-0.1, -0.05) is 6.07 Å². The van der Waals surface area contributed by atoms with Crippen LogP contribution in [0.5, 0.6) is 5.75 Å². The van der Waals surface area contributed by atoms with Gasteiger partial charge in [-0.25, -0.2) is 0 Å². The normalized spacial score (nSPS) is 10.4. The molecular weight excluding hydrogens is 226 g/mol. The Bertz CT molecular complexity index is 543. The number of hydrogen-bond donors (Lipinski definition) is 1. The van der Waals surface area contributed by atoms with E-state index in [-0.39, 0.29) is 0 Å². The topological polar surface area (TPSA) is 34.4 Å². The fraction of sp³-hybridized carbons (Fsp3) is 0.333. The standard InChI is InChI=1S/C15H19NO2/c1-10-7-8-18-14(10)9-16-13-6-5-11(2)15(17-4)12(13)3/h5-8,16H,9H2,1-4H3. The summed E-state index contributed by atoms with van der Waals surface area (Å²) in [6.07, 6.45) is 1.72. The Balaban J connectivity index is 2.18. The average Bonchev–Trinajstić information content (AvgIpc) is 2.75. The van der Waals surface area contributed by atoms with Gasteiger partial charge in [0, 0.05) is 11.3 Å². The van der Waals surface area contributed by atoms with Crippen LogP contribution in [-0.2, 0) is 6.54 Å². The van der Waals surface area contributed by atoms with Crippen LogP contribution in [0, 0.1) is 20.8 Å². The molecule has 0 bridgehead atoms. The summed E-state index contributed by atoms with van der Waals surface area (Å²) in [6, 6.07) is 6.11. The van der Waals surface area contributed by atoms with Crippen molar-refractivity contribution in [3.8, 4) is 5.75 Å². The van der Waals surface area contributed by atoms with Crippen LogP contribution in [0.4, 0.5) is 5.69 Å². The fourth-order valence-corrected chi connectivity index (χ4v) is 2.09. The Hall–Kier alpha value is -1.90. The quantitative estimate of drug-likeness (QED) is 0.889. The molecule has 1 aromatic carbocycles. The molecule has 96 valence electrons. The van der Waals surface area contributed by atoms with Crippen LogP contribution in [-0.4, -0.2) is 7.11 Å². The highest BCUT2D eigenvalue weighted by Crippen LogP contribution is 2.29. The third kappa shape index (κ3) is 2.35. The summed E-state index contributed by atoms with van der Waals surface area (Å²) in [5.41, 5.74) is 4.52. The van der Waals surface area contributed by atoms with Gasteiger partial charge >= 0.3 is 0 Å². The SMILES string of the molecule is COc1c(C)ccc(NCc2occc2C)c1C. The van der Waals surface area contributed by atoms with Gasteiger partial charge in [-0.05, 0) is 44.0 Å². The molecule has 2 rings (SSSR count). The first-order valence-corrected chi connectivity index (χ1v) is 6.04. The minimum atomic E-state index is 0.686. The summed E-state index contributed by atoms with van der Waals surface area (Å²) in [5, 5.41) is 3.38. The fourth-order valence-electron chi connectivity index (χ4n) is 2.09. The molecule has 0 atom stereocenters. The van der Waals surface area contributed by atoms with Gasteiger partial charge in [-0.3, -0.25) is 0 Å². The molecule has 1 aromatic heterocycles. The first-order chi connectivity index (χ1) is 8.63. The van der Waals surface area contributed by atoms with Gasteiger partial charge in [0.15, 0.2) is 0 Å². The summed E-state index contributed by atoms with van der Waals surface area (Å²) in [4.78, 5) is 0. The van der Waals surface area contributed by atoms with Crippen LogP contribution in [0.15, 0.2) is 28.9 Å². The maximum Gasteiger partial charge on any atom is 0.126 e. The van der Waals surface area contributed by atoms with Crippen LogP contribution < -0.4 is 10.1 Å². The van der Waals surface area contributed by atoms with Crippen LogP contribution in [0.3, 0.4) is 0 Å². The molecule has 3 heteroatoms. The van der Waals surface area contributed by atoms with E-state index in [1.807, 2.05) is 19.9 Å². The molecule has 2 aromatic rings. The van der Waals surface area contributed by atoms with Gasteiger partial charge in [0.25, 0.3) is 0 Å².